The van der Waals surface area contributed by atoms with Crippen molar-refractivity contribution in [1.29, 1.82) is 0 Å². The molecule has 0 N–H and O–H groups in total. The SMILES string of the molecule is CCCN(CC)CC1(CS)CCCCCC1. The maximum absolute atomic E-state index is 4.65. The molecule has 0 unspecified atom stereocenters. The molecule has 0 aromatic heterocycles. The maximum atomic E-state index is 4.65. The van der Waals surface area contributed by atoms with Gasteiger partial charge in [0.1, 0.15) is 0 Å². The highest BCUT2D eigenvalue weighted by atomic mass is 32.1. The summed E-state index contributed by atoms with van der Waals surface area (Å²) < 4.78 is 0. The molecule has 1 aliphatic rings. The molecule has 0 amide bonds. The largest absolute Gasteiger partial charge is 0.303 e. The second-order valence-electron chi connectivity index (χ2n) is 5.44. The van der Waals surface area contributed by atoms with Crippen LogP contribution in [0.1, 0.15) is 58.8 Å². The van der Waals surface area contributed by atoms with Gasteiger partial charge in [0, 0.05) is 6.54 Å². The molecule has 0 aromatic carbocycles. The van der Waals surface area contributed by atoms with Gasteiger partial charge in [0.05, 0.1) is 0 Å². The Morgan fingerprint density at radius 3 is 2.12 bits per heavy atom. The third-order valence-electron chi connectivity index (χ3n) is 4.05. The van der Waals surface area contributed by atoms with Gasteiger partial charge in [-0.3, -0.25) is 0 Å². The minimum atomic E-state index is 0.519. The topological polar surface area (TPSA) is 3.24 Å². The summed E-state index contributed by atoms with van der Waals surface area (Å²) in [4.78, 5) is 2.63. The van der Waals surface area contributed by atoms with Crippen molar-refractivity contribution < 1.29 is 0 Å². The van der Waals surface area contributed by atoms with Crippen molar-refractivity contribution in [1.82, 2.24) is 4.90 Å². The van der Waals surface area contributed by atoms with Crippen LogP contribution in [0.25, 0.3) is 0 Å². The molecule has 0 aromatic rings. The fourth-order valence-electron chi connectivity index (χ4n) is 2.98. The van der Waals surface area contributed by atoms with Crippen LogP contribution in [-0.2, 0) is 0 Å². The zero-order valence-corrected chi connectivity index (χ0v) is 12.1. The summed E-state index contributed by atoms with van der Waals surface area (Å²) in [6, 6.07) is 0. The van der Waals surface area contributed by atoms with Gasteiger partial charge in [-0.2, -0.15) is 12.6 Å². The molecule has 96 valence electrons. The van der Waals surface area contributed by atoms with E-state index in [4.69, 9.17) is 0 Å². The molecule has 1 fully saturated rings. The van der Waals surface area contributed by atoms with E-state index in [0.29, 0.717) is 5.41 Å². The Hall–Kier alpha value is 0.310. The third-order valence-corrected chi connectivity index (χ3v) is 4.72. The standard InChI is InChI=1S/C14H29NS/c1-3-11-15(4-2)12-14(13-16)9-7-5-6-8-10-14/h16H,3-13H2,1-2H3. The Bertz CT molecular complexity index is 174. The Balaban J connectivity index is 2.55. The van der Waals surface area contributed by atoms with Gasteiger partial charge in [0.25, 0.3) is 0 Å². The smallest absolute Gasteiger partial charge is 0.00457 e. The van der Waals surface area contributed by atoms with Crippen LogP contribution in [0, 0.1) is 5.41 Å². The molecular weight excluding hydrogens is 214 g/mol. The van der Waals surface area contributed by atoms with E-state index in [9.17, 15) is 0 Å². The molecule has 1 saturated carbocycles. The first-order valence-corrected chi connectivity index (χ1v) is 7.73. The van der Waals surface area contributed by atoms with Gasteiger partial charge in [-0.05, 0) is 43.5 Å². The van der Waals surface area contributed by atoms with Gasteiger partial charge in [-0.1, -0.05) is 39.5 Å². The van der Waals surface area contributed by atoms with Crippen LogP contribution in [-0.4, -0.2) is 30.3 Å². The first-order valence-electron chi connectivity index (χ1n) is 7.09. The lowest BCUT2D eigenvalue weighted by molar-refractivity contribution is 0.156. The Morgan fingerprint density at radius 2 is 1.69 bits per heavy atom. The Labute approximate surface area is 107 Å². The monoisotopic (exact) mass is 243 g/mol. The summed E-state index contributed by atoms with van der Waals surface area (Å²) in [7, 11) is 0. The summed E-state index contributed by atoms with van der Waals surface area (Å²) in [5.74, 6) is 1.08. The molecule has 0 aliphatic heterocycles. The summed E-state index contributed by atoms with van der Waals surface area (Å²) in [5.41, 5.74) is 0.519. The van der Waals surface area contributed by atoms with Crippen molar-refractivity contribution in [3.05, 3.63) is 0 Å². The van der Waals surface area contributed by atoms with Gasteiger partial charge < -0.3 is 4.90 Å². The summed E-state index contributed by atoms with van der Waals surface area (Å²) in [5, 5.41) is 0. The first-order chi connectivity index (χ1) is 7.76. The minimum absolute atomic E-state index is 0.519. The van der Waals surface area contributed by atoms with Crippen molar-refractivity contribution in [2.24, 2.45) is 5.41 Å². The molecule has 2 heteroatoms. The Kier molecular flexibility index (Phi) is 6.83. The van der Waals surface area contributed by atoms with E-state index in [1.807, 2.05) is 0 Å². The van der Waals surface area contributed by atoms with Crippen molar-refractivity contribution in [3.8, 4) is 0 Å². The first kappa shape index (κ1) is 14.4. The highest BCUT2D eigenvalue weighted by molar-refractivity contribution is 7.80. The average molecular weight is 243 g/mol. The van der Waals surface area contributed by atoms with Crippen molar-refractivity contribution in [2.75, 3.05) is 25.4 Å². The molecule has 1 rings (SSSR count). The molecule has 1 nitrogen and oxygen atoms in total. The third kappa shape index (κ3) is 4.29. The van der Waals surface area contributed by atoms with Crippen LogP contribution in [0.15, 0.2) is 0 Å². The van der Waals surface area contributed by atoms with Gasteiger partial charge in [-0.15, -0.1) is 0 Å². The normalized spacial score (nSPS) is 21.0. The van der Waals surface area contributed by atoms with E-state index in [-0.39, 0.29) is 0 Å². The van der Waals surface area contributed by atoms with E-state index in [0.717, 1.165) is 5.75 Å². The van der Waals surface area contributed by atoms with E-state index >= 15 is 0 Å². The van der Waals surface area contributed by atoms with E-state index in [1.165, 1.54) is 64.6 Å². The van der Waals surface area contributed by atoms with Crippen molar-refractivity contribution >= 4 is 12.6 Å². The summed E-state index contributed by atoms with van der Waals surface area (Å²) in [6.07, 6.45) is 9.79. The van der Waals surface area contributed by atoms with Gasteiger partial charge >= 0.3 is 0 Å². The number of rotatable bonds is 6. The van der Waals surface area contributed by atoms with E-state index in [1.54, 1.807) is 0 Å². The van der Waals surface area contributed by atoms with Crippen molar-refractivity contribution in [3.63, 3.8) is 0 Å². The highest BCUT2D eigenvalue weighted by Crippen LogP contribution is 2.36. The zero-order chi connectivity index (χ0) is 11.9. The number of hydrogen-bond acceptors (Lipinski definition) is 2. The van der Waals surface area contributed by atoms with E-state index < -0.39 is 0 Å². The fourth-order valence-corrected chi connectivity index (χ4v) is 3.40. The molecule has 0 bridgehead atoms. The molecular formula is C14H29NS. The minimum Gasteiger partial charge on any atom is -0.303 e. The summed E-state index contributed by atoms with van der Waals surface area (Å²) in [6.45, 7) is 8.30. The lowest BCUT2D eigenvalue weighted by atomic mass is 9.81. The average Bonchev–Trinajstić information content (AvgIpc) is 2.55. The predicted octanol–water partition coefficient (Wildman–Crippen LogP) is 3.99. The second-order valence-corrected chi connectivity index (χ2v) is 5.76. The van der Waals surface area contributed by atoms with Crippen LogP contribution in [0.5, 0.6) is 0 Å². The van der Waals surface area contributed by atoms with Gasteiger partial charge in [0.2, 0.25) is 0 Å². The number of thiol groups is 1. The van der Waals surface area contributed by atoms with Crippen LogP contribution < -0.4 is 0 Å². The van der Waals surface area contributed by atoms with Crippen LogP contribution >= 0.6 is 12.6 Å². The molecule has 0 heterocycles. The fraction of sp³-hybridized carbons (Fsp3) is 1.00. The molecule has 0 spiro atoms. The van der Waals surface area contributed by atoms with Gasteiger partial charge in [0.15, 0.2) is 0 Å². The zero-order valence-electron chi connectivity index (χ0n) is 11.2. The number of hydrogen-bond donors (Lipinski definition) is 1. The second kappa shape index (κ2) is 7.60. The lowest BCUT2D eigenvalue weighted by Crippen LogP contribution is -2.39. The molecule has 1 aliphatic carbocycles. The molecule has 16 heavy (non-hydrogen) atoms. The maximum Gasteiger partial charge on any atom is 0.00457 e. The lowest BCUT2D eigenvalue weighted by Gasteiger charge is -2.36. The number of nitrogens with zero attached hydrogens (tertiary/aromatic N) is 1. The molecule has 0 radical (unpaired) electrons. The van der Waals surface area contributed by atoms with Crippen LogP contribution in [0.4, 0.5) is 0 Å². The van der Waals surface area contributed by atoms with E-state index in [2.05, 4.69) is 31.4 Å². The predicted molar refractivity (Wildman–Crippen MR) is 76.4 cm³/mol. The van der Waals surface area contributed by atoms with Crippen molar-refractivity contribution in [2.45, 2.75) is 58.8 Å². The molecule has 0 saturated heterocycles. The Morgan fingerprint density at radius 1 is 1.06 bits per heavy atom. The summed E-state index contributed by atoms with van der Waals surface area (Å²) >= 11 is 4.65. The quantitative estimate of drug-likeness (QED) is 0.545. The highest BCUT2D eigenvalue weighted by Gasteiger charge is 2.30. The van der Waals surface area contributed by atoms with Crippen LogP contribution in [0.3, 0.4) is 0 Å². The molecule has 0 atom stereocenters. The van der Waals surface area contributed by atoms with Crippen LogP contribution in [0.2, 0.25) is 0 Å². The van der Waals surface area contributed by atoms with Gasteiger partial charge in [-0.25, -0.2) is 0 Å².